The zero-order chi connectivity index (χ0) is 12.4. The Morgan fingerprint density at radius 2 is 2.18 bits per heavy atom. The molecule has 1 aliphatic heterocycles. The molecule has 0 aliphatic carbocycles. The van der Waals surface area contributed by atoms with Gasteiger partial charge in [0.25, 0.3) is 0 Å². The van der Waals surface area contributed by atoms with E-state index in [9.17, 15) is 4.79 Å². The standard InChI is InChI=1S/C11H15ClN4O/c1-3-8-10(12)13-7-14-11(8)16-5-4-15(2)9(17)6-16/h7H,3-6H2,1-2H3. The van der Waals surface area contributed by atoms with E-state index in [2.05, 4.69) is 9.97 Å². The monoisotopic (exact) mass is 254 g/mol. The highest BCUT2D eigenvalue weighted by atomic mass is 35.5. The number of amides is 1. The first kappa shape index (κ1) is 12.1. The Bertz CT molecular complexity index is 437. The lowest BCUT2D eigenvalue weighted by Gasteiger charge is -2.33. The van der Waals surface area contributed by atoms with Crippen LogP contribution in [0.2, 0.25) is 5.15 Å². The molecule has 2 rings (SSSR count). The molecule has 2 heterocycles. The first-order valence-corrected chi connectivity index (χ1v) is 5.99. The van der Waals surface area contributed by atoms with Crippen LogP contribution in [0.15, 0.2) is 6.33 Å². The summed E-state index contributed by atoms with van der Waals surface area (Å²) in [6.07, 6.45) is 2.20. The van der Waals surface area contributed by atoms with Crippen molar-refractivity contribution in [1.82, 2.24) is 14.9 Å². The van der Waals surface area contributed by atoms with Crippen LogP contribution in [-0.2, 0) is 11.2 Å². The van der Waals surface area contributed by atoms with E-state index in [1.807, 2.05) is 18.9 Å². The number of nitrogens with zero attached hydrogens (tertiary/aromatic N) is 4. The third-order valence-corrected chi connectivity index (χ3v) is 3.31. The third kappa shape index (κ3) is 2.34. The maximum atomic E-state index is 11.7. The highest BCUT2D eigenvalue weighted by molar-refractivity contribution is 6.30. The molecule has 1 aliphatic rings. The second kappa shape index (κ2) is 4.87. The van der Waals surface area contributed by atoms with Gasteiger partial charge in [0.15, 0.2) is 0 Å². The highest BCUT2D eigenvalue weighted by Gasteiger charge is 2.24. The van der Waals surface area contributed by atoms with Crippen LogP contribution in [0.4, 0.5) is 5.82 Å². The Labute approximate surface area is 105 Å². The van der Waals surface area contributed by atoms with Gasteiger partial charge in [-0.3, -0.25) is 4.79 Å². The fourth-order valence-corrected chi connectivity index (χ4v) is 2.16. The van der Waals surface area contributed by atoms with Crippen LogP contribution in [-0.4, -0.2) is 47.5 Å². The molecule has 0 radical (unpaired) electrons. The Morgan fingerprint density at radius 1 is 1.41 bits per heavy atom. The number of anilines is 1. The second-order valence-corrected chi connectivity index (χ2v) is 4.42. The van der Waals surface area contributed by atoms with Gasteiger partial charge in [-0.2, -0.15) is 0 Å². The minimum atomic E-state index is 0.105. The number of rotatable bonds is 2. The van der Waals surface area contributed by atoms with E-state index in [-0.39, 0.29) is 5.91 Å². The van der Waals surface area contributed by atoms with E-state index in [0.717, 1.165) is 24.3 Å². The topological polar surface area (TPSA) is 49.3 Å². The summed E-state index contributed by atoms with van der Waals surface area (Å²) in [5, 5.41) is 0.476. The molecule has 17 heavy (non-hydrogen) atoms. The first-order chi connectivity index (χ1) is 8.13. The number of hydrogen-bond donors (Lipinski definition) is 0. The summed E-state index contributed by atoms with van der Waals surface area (Å²) < 4.78 is 0. The lowest BCUT2D eigenvalue weighted by Crippen LogP contribution is -2.49. The Hall–Kier alpha value is -1.36. The SMILES string of the molecule is CCc1c(Cl)ncnc1N1CCN(C)C(=O)C1. The molecule has 0 bridgehead atoms. The Morgan fingerprint density at radius 3 is 2.82 bits per heavy atom. The maximum Gasteiger partial charge on any atom is 0.241 e. The van der Waals surface area contributed by atoms with E-state index in [1.54, 1.807) is 4.90 Å². The molecule has 1 aromatic rings. The van der Waals surface area contributed by atoms with Crippen molar-refractivity contribution < 1.29 is 4.79 Å². The third-order valence-electron chi connectivity index (χ3n) is 2.98. The van der Waals surface area contributed by atoms with Gasteiger partial charge in [-0.15, -0.1) is 0 Å². The molecular weight excluding hydrogens is 240 g/mol. The van der Waals surface area contributed by atoms with Gasteiger partial charge < -0.3 is 9.80 Å². The van der Waals surface area contributed by atoms with Crippen molar-refractivity contribution in [3.63, 3.8) is 0 Å². The van der Waals surface area contributed by atoms with Gasteiger partial charge in [-0.25, -0.2) is 9.97 Å². The number of halogens is 1. The summed E-state index contributed by atoms with van der Waals surface area (Å²) >= 11 is 6.04. The number of piperazine rings is 1. The summed E-state index contributed by atoms with van der Waals surface area (Å²) in [6.45, 7) is 3.86. The lowest BCUT2D eigenvalue weighted by atomic mass is 10.2. The van der Waals surface area contributed by atoms with Crippen LogP contribution in [0.1, 0.15) is 12.5 Å². The van der Waals surface area contributed by atoms with Crippen LogP contribution in [0.5, 0.6) is 0 Å². The number of carbonyl (C=O) groups excluding carboxylic acids is 1. The fraction of sp³-hybridized carbons (Fsp3) is 0.545. The zero-order valence-corrected chi connectivity index (χ0v) is 10.7. The predicted octanol–water partition coefficient (Wildman–Crippen LogP) is 0.971. The molecule has 6 heteroatoms. The van der Waals surface area contributed by atoms with Crippen molar-refractivity contribution in [2.45, 2.75) is 13.3 Å². The number of hydrogen-bond acceptors (Lipinski definition) is 4. The molecule has 5 nitrogen and oxygen atoms in total. The van der Waals surface area contributed by atoms with Crippen LogP contribution >= 0.6 is 11.6 Å². The fourth-order valence-electron chi connectivity index (χ4n) is 1.90. The van der Waals surface area contributed by atoms with Crippen molar-refractivity contribution in [2.24, 2.45) is 0 Å². The number of likely N-dealkylation sites (N-methyl/N-ethyl adjacent to an activating group) is 1. The first-order valence-electron chi connectivity index (χ1n) is 5.61. The molecule has 0 spiro atoms. The number of aromatic nitrogens is 2. The summed E-state index contributed by atoms with van der Waals surface area (Å²) in [5.74, 6) is 0.891. The zero-order valence-electron chi connectivity index (χ0n) is 9.98. The lowest BCUT2D eigenvalue weighted by molar-refractivity contribution is -0.129. The average Bonchev–Trinajstić information content (AvgIpc) is 2.32. The molecular formula is C11H15ClN4O. The van der Waals surface area contributed by atoms with Crippen molar-refractivity contribution >= 4 is 23.3 Å². The van der Waals surface area contributed by atoms with Gasteiger partial charge in [0.1, 0.15) is 17.3 Å². The molecule has 0 atom stereocenters. The van der Waals surface area contributed by atoms with Crippen molar-refractivity contribution in [3.8, 4) is 0 Å². The van der Waals surface area contributed by atoms with Gasteiger partial charge in [0.05, 0.1) is 6.54 Å². The van der Waals surface area contributed by atoms with Crippen LogP contribution in [0.25, 0.3) is 0 Å². The van der Waals surface area contributed by atoms with E-state index in [1.165, 1.54) is 6.33 Å². The van der Waals surface area contributed by atoms with E-state index >= 15 is 0 Å². The van der Waals surface area contributed by atoms with E-state index in [0.29, 0.717) is 18.2 Å². The quantitative estimate of drug-likeness (QED) is 0.738. The summed E-state index contributed by atoms with van der Waals surface area (Å²) in [6, 6.07) is 0. The van der Waals surface area contributed by atoms with E-state index < -0.39 is 0 Å². The summed E-state index contributed by atoms with van der Waals surface area (Å²) in [4.78, 5) is 23.6. The largest absolute Gasteiger partial charge is 0.345 e. The molecule has 0 N–H and O–H groups in total. The summed E-state index contributed by atoms with van der Waals surface area (Å²) in [7, 11) is 1.81. The minimum Gasteiger partial charge on any atom is -0.345 e. The molecule has 0 aromatic carbocycles. The molecule has 1 amide bonds. The van der Waals surface area contributed by atoms with Gasteiger partial charge in [-0.1, -0.05) is 18.5 Å². The maximum absolute atomic E-state index is 11.7. The van der Waals surface area contributed by atoms with Crippen LogP contribution in [0.3, 0.4) is 0 Å². The van der Waals surface area contributed by atoms with Crippen molar-refractivity contribution in [3.05, 3.63) is 17.0 Å². The Kier molecular flexibility index (Phi) is 3.47. The van der Waals surface area contributed by atoms with Crippen LogP contribution in [0, 0.1) is 0 Å². The Balaban J connectivity index is 2.28. The van der Waals surface area contributed by atoms with Crippen LogP contribution < -0.4 is 4.90 Å². The second-order valence-electron chi connectivity index (χ2n) is 4.06. The van der Waals surface area contributed by atoms with E-state index in [4.69, 9.17) is 11.6 Å². The molecule has 1 fully saturated rings. The predicted molar refractivity (Wildman–Crippen MR) is 66.3 cm³/mol. The number of carbonyl (C=O) groups is 1. The molecule has 0 saturated carbocycles. The molecule has 1 saturated heterocycles. The van der Waals surface area contributed by atoms with Gasteiger partial charge in [0, 0.05) is 25.7 Å². The average molecular weight is 255 g/mol. The van der Waals surface area contributed by atoms with Gasteiger partial charge in [0.2, 0.25) is 5.91 Å². The molecule has 0 unspecified atom stereocenters. The molecule has 1 aromatic heterocycles. The van der Waals surface area contributed by atoms with Crippen molar-refractivity contribution in [2.75, 3.05) is 31.6 Å². The normalized spacial score (nSPS) is 16.5. The molecule has 92 valence electrons. The van der Waals surface area contributed by atoms with Gasteiger partial charge >= 0.3 is 0 Å². The van der Waals surface area contributed by atoms with Crippen molar-refractivity contribution in [1.29, 1.82) is 0 Å². The minimum absolute atomic E-state index is 0.105. The summed E-state index contributed by atoms with van der Waals surface area (Å²) in [5.41, 5.74) is 0.909. The highest BCUT2D eigenvalue weighted by Crippen LogP contribution is 2.24. The smallest absolute Gasteiger partial charge is 0.241 e. The van der Waals surface area contributed by atoms with Gasteiger partial charge in [-0.05, 0) is 6.42 Å².